The molecule has 0 aliphatic heterocycles. The van der Waals surface area contributed by atoms with Gasteiger partial charge < -0.3 is 11.1 Å². The molecule has 7 heteroatoms. The predicted octanol–water partition coefficient (Wildman–Crippen LogP) is 4.75. The molecule has 108 valence electrons. The van der Waals surface area contributed by atoms with E-state index in [1.54, 1.807) is 30.3 Å². The van der Waals surface area contributed by atoms with Gasteiger partial charge in [-0.05, 0) is 30.3 Å². The van der Waals surface area contributed by atoms with Gasteiger partial charge in [-0.25, -0.2) is 0 Å². The molecule has 0 saturated carbocycles. The molecule has 0 saturated heterocycles. The standard InChI is InChI=1S/C14H9Br2ClN2OS/c15-9-3-8(4-10(16)6-9)14(20)19-12-5-7(13(18)21)1-2-11(12)17/h1-6H,(H2,18,21)(H,19,20). The maximum Gasteiger partial charge on any atom is 0.255 e. The largest absolute Gasteiger partial charge is 0.389 e. The van der Waals surface area contributed by atoms with E-state index in [0.29, 0.717) is 21.8 Å². The van der Waals surface area contributed by atoms with Crippen LogP contribution >= 0.6 is 55.7 Å². The van der Waals surface area contributed by atoms with Crippen molar-refractivity contribution in [3.63, 3.8) is 0 Å². The van der Waals surface area contributed by atoms with Crippen LogP contribution in [-0.4, -0.2) is 10.9 Å². The molecular weight excluding hydrogens is 439 g/mol. The van der Waals surface area contributed by atoms with Gasteiger partial charge in [-0.2, -0.15) is 0 Å². The average molecular weight is 449 g/mol. The first-order chi connectivity index (χ1) is 9.86. The monoisotopic (exact) mass is 446 g/mol. The molecule has 0 aliphatic rings. The molecule has 0 radical (unpaired) electrons. The SMILES string of the molecule is NC(=S)c1ccc(Cl)c(NC(=O)c2cc(Br)cc(Br)c2)c1. The number of nitrogens with two attached hydrogens (primary N) is 1. The number of hydrogen-bond donors (Lipinski definition) is 2. The van der Waals surface area contributed by atoms with E-state index in [0.717, 1.165) is 8.95 Å². The van der Waals surface area contributed by atoms with Crippen molar-refractivity contribution in [3.8, 4) is 0 Å². The average Bonchev–Trinajstić information content (AvgIpc) is 2.39. The zero-order chi connectivity index (χ0) is 15.6. The van der Waals surface area contributed by atoms with E-state index >= 15 is 0 Å². The second kappa shape index (κ2) is 6.87. The molecule has 3 nitrogen and oxygen atoms in total. The van der Waals surface area contributed by atoms with Gasteiger partial charge in [0.05, 0.1) is 10.7 Å². The van der Waals surface area contributed by atoms with Crippen LogP contribution in [0, 0.1) is 0 Å². The number of nitrogens with one attached hydrogen (secondary N) is 1. The number of hydrogen-bond acceptors (Lipinski definition) is 2. The van der Waals surface area contributed by atoms with Gasteiger partial charge >= 0.3 is 0 Å². The van der Waals surface area contributed by atoms with Gasteiger partial charge in [0.15, 0.2) is 0 Å². The van der Waals surface area contributed by atoms with Gasteiger partial charge in [0.2, 0.25) is 0 Å². The van der Waals surface area contributed by atoms with Crippen molar-refractivity contribution in [2.45, 2.75) is 0 Å². The van der Waals surface area contributed by atoms with Crippen LogP contribution in [0.3, 0.4) is 0 Å². The first-order valence-corrected chi connectivity index (χ1v) is 8.11. The maximum atomic E-state index is 12.3. The smallest absolute Gasteiger partial charge is 0.255 e. The Hall–Kier alpha value is -0.950. The molecule has 21 heavy (non-hydrogen) atoms. The van der Waals surface area contributed by atoms with E-state index in [1.807, 2.05) is 6.07 Å². The van der Waals surface area contributed by atoms with Crippen LogP contribution in [0.25, 0.3) is 0 Å². The number of thiocarbonyl (C=S) groups is 1. The zero-order valence-electron chi connectivity index (χ0n) is 10.5. The van der Waals surface area contributed by atoms with E-state index in [9.17, 15) is 4.79 Å². The lowest BCUT2D eigenvalue weighted by Crippen LogP contribution is -2.14. The molecule has 0 unspecified atom stereocenters. The number of amides is 1. The molecule has 2 aromatic carbocycles. The quantitative estimate of drug-likeness (QED) is 0.666. The minimum atomic E-state index is -0.279. The second-order valence-corrected chi connectivity index (χ2v) is 6.85. The number of halogens is 3. The lowest BCUT2D eigenvalue weighted by molar-refractivity contribution is 0.102. The van der Waals surface area contributed by atoms with Crippen molar-refractivity contribution >= 4 is 72.3 Å². The third-order valence-corrected chi connectivity index (χ3v) is 4.10. The Kier molecular flexibility index (Phi) is 5.37. The highest BCUT2D eigenvalue weighted by atomic mass is 79.9. The van der Waals surface area contributed by atoms with Gasteiger partial charge in [0, 0.05) is 20.1 Å². The van der Waals surface area contributed by atoms with Crippen molar-refractivity contribution in [2.75, 3.05) is 5.32 Å². The number of benzene rings is 2. The van der Waals surface area contributed by atoms with Gasteiger partial charge in [-0.3, -0.25) is 4.79 Å². The van der Waals surface area contributed by atoms with Crippen molar-refractivity contribution in [1.29, 1.82) is 0 Å². The first-order valence-electron chi connectivity index (χ1n) is 5.73. The Morgan fingerprint density at radius 1 is 1.10 bits per heavy atom. The van der Waals surface area contributed by atoms with Gasteiger partial charge in [-0.1, -0.05) is 61.7 Å². The van der Waals surface area contributed by atoms with Crippen LogP contribution in [0.2, 0.25) is 5.02 Å². The highest BCUT2D eigenvalue weighted by molar-refractivity contribution is 9.11. The van der Waals surface area contributed by atoms with E-state index in [-0.39, 0.29) is 10.9 Å². The lowest BCUT2D eigenvalue weighted by atomic mass is 10.1. The maximum absolute atomic E-state index is 12.3. The summed E-state index contributed by atoms with van der Waals surface area (Å²) in [6, 6.07) is 10.3. The molecule has 0 heterocycles. The van der Waals surface area contributed by atoms with Gasteiger partial charge in [-0.15, -0.1) is 0 Å². The van der Waals surface area contributed by atoms with Crippen molar-refractivity contribution in [1.82, 2.24) is 0 Å². The molecule has 0 fully saturated rings. The van der Waals surface area contributed by atoms with Crippen molar-refractivity contribution < 1.29 is 4.79 Å². The number of anilines is 1. The van der Waals surface area contributed by atoms with Gasteiger partial charge in [0.1, 0.15) is 4.99 Å². The van der Waals surface area contributed by atoms with Crippen LogP contribution in [-0.2, 0) is 0 Å². The number of rotatable bonds is 3. The Labute approximate surface area is 149 Å². The Morgan fingerprint density at radius 2 is 1.71 bits per heavy atom. The highest BCUT2D eigenvalue weighted by Gasteiger charge is 2.11. The van der Waals surface area contributed by atoms with Crippen molar-refractivity contribution in [3.05, 3.63) is 61.5 Å². The second-order valence-electron chi connectivity index (χ2n) is 4.17. The Morgan fingerprint density at radius 3 is 2.29 bits per heavy atom. The molecule has 1 amide bonds. The zero-order valence-corrected chi connectivity index (χ0v) is 15.2. The Balaban J connectivity index is 2.31. The van der Waals surface area contributed by atoms with E-state index in [1.165, 1.54) is 0 Å². The normalized spacial score (nSPS) is 10.2. The van der Waals surface area contributed by atoms with Crippen LogP contribution in [0.1, 0.15) is 15.9 Å². The molecule has 3 N–H and O–H groups in total. The molecule has 0 spiro atoms. The molecule has 0 bridgehead atoms. The highest BCUT2D eigenvalue weighted by Crippen LogP contribution is 2.25. The van der Waals surface area contributed by atoms with E-state index in [2.05, 4.69) is 37.2 Å². The van der Waals surface area contributed by atoms with E-state index < -0.39 is 0 Å². The van der Waals surface area contributed by atoms with Crippen LogP contribution in [0.15, 0.2) is 45.3 Å². The summed E-state index contributed by atoms with van der Waals surface area (Å²) in [5, 5.41) is 3.16. The van der Waals surface area contributed by atoms with Crippen molar-refractivity contribution in [2.24, 2.45) is 5.73 Å². The minimum Gasteiger partial charge on any atom is -0.389 e. The third kappa shape index (κ3) is 4.26. The molecule has 0 atom stereocenters. The summed E-state index contributed by atoms with van der Waals surface area (Å²) >= 11 is 17.7. The fraction of sp³-hybridized carbons (Fsp3) is 0. The first kappa shape index (κ1) is 16.4. The molecule has 0 aliphatic carbocycles. The number of carbonyl (C=O) groups is 1. The lowest BCUT2D eigenvalue weighted by Gasteiger charge is -2.10. The van der Waals surface area contributed by atoms with Crippen LogP contribution < -0.4 is 11.1 Å². The summed E-state index contributed by atoms with van der Waals surface area (Å²) in [6.07, 6.45) is 0. The van der Waals surface area contributed by atoms with Crippen LogP contribution in [0.4, 0.5) is 5.69 Å². The minimum absolute atomic E-state index is 0.243. The van der Waals surface area contributed by atoms with E-state index in [4.69, 9.17) is 29.6 Å². The fourth-order valence-corrected chi connectivity index (χ4v) is 3.24. The fourth-order valence-electron chi connectivity index (χ4n) is 1.65. The summed E-state index contributed by atoms with van der Waals surface area (Å²) in [5.74, 6) is -0.279. The topological polar surface area (TPSA) is 55.1 Å². The summed E-state index contributed by atoms with van der Waals surface area (Å²) in [6.45, 7) is 0. The summed E-state index contributed by atoms with van der Waals surface area (Å²) < 4.78 is 1.59. The Bertz CT molecular complexity index is 717. The number of carbonyl (C=O) groups excluding carboxylic acids is 1. The molecule has 0 aromatic heterocycles. The third-order valence-electron chi connectivity index (χ3n) is 2.62. The molecule has 2 rings (SSSR count). The summed E-state index contributed by atoms with van der Waals surface area (Å²) in [4.78, 5) is 12.5. The predicted molar refractivity (Wildman–Crippen MR) is 97.1 cm³/mol. The molecular formula is C14H9Br2ClN2OS. The summed E-state index contributed by atoms with van der Waals surface area (Å²) in [7, 11) is 0. The summed E-state index contributed by atoms with van der Waals surface area (Å²) in [5.41, 5.74) is 7.17. The molecule has 2 aromatic rings. The van der Waals surface area contributed by atoms with Gasteiger partial charge in [0.25, 0.3) is 5.91 Å². The van der Waals surface area contributed by atoms with Crippen LogP contribution in [0.5, 0.6) is 0 Å².